The second-order valence-corrected chi connectivity index (χ2v) is 5.12. The maximum absolute atomic E-state index is 6.04. The monoisotopic (exact) mass is 198 g/mol. The van der Waals surface area contributed by atoms with Crippen LogP contribution >= 0.6 is 11.3 Å². The highest BCUT2D eigenvalue weighted by molar-refractivity contribution is 7.12. The van der Waals surface area contributed by atoms with Crippen LogP contribution in [-0.4, -0.2) is 6.04 Å². The molecule has 0 amide bonds. The lowest BCUT2D eigenvalue weighted by Gasteiger charge is -2.22. The average Bonchev–Trinajstić information content (AvgIpc) is 2.49. The fourth-order valence-corrected chi connectivity index (χ4v) is 2.17. The van der Waals surface area contributed by atoms with Crippen molar-refractivity contribution < 1.29 is 0 Å². The summed E-state index contributed by atoms with van der Waals surface area (Å²) in [6.45, 7) is 6.29. The molecule has 2 atom stereocenters. The number of hydrogen-bond acceptors (Lipinski definition) is 3. The molecule has 0 saturated carbocycles. The molecule has 74 valence electrons. The van der Waals surface area contributed by atoms with Crippen molar-refractivity contribution in [1.82, 2.24) is 0 Å². The van der Waals surface area contributed by atoms with Crippen molar-refractivity contribution >= 4 is 11.3 Å². The van der Waals surface area contributed by atoms with Gasteiger partial charge in [-0.25, -0.2) is 0 Å². The molecule has 0 aromatic carbocycles. The van der Waals surface area contributed by atoms with Crippen molar-refractivity contribution in [2.75, 3.05) is 0 Å². The van der Waals surface area contributed by atoms with Crippen LogP contribution in [0.25, 0.3) is 0 Å². The van der Waals surface area contributed by atoms with Gasteiger partial charge < -0.3 is 11.5 Å². The molecule has 0 radical (unpaired) electrons. The summed E-state index contributed by atoms with van der Waals surface area (Å²) in [5.74, 6) is 0.428. The van der Waals surface area contributed by atoms with Gasteiger partial charge in [0.25, 0.3) is 0 Å². The van der Waals surface area contributed by atoms with Gasteiger partial charge in [0.2, 0.25) is 0 Å². The van der Waals surface area contributed by atoms with Crippen LogP contribution in [-0.2, 0) is 0 Å². The first-order valence-electron chi connectivity index (χ1n) is 4.60. The normalized spacial score (nSPS) is 16.2. The zero-order valence-corrected chi connectivity index (χ0v) is 9.27. The van der Waals surface area contributed by atoms with E-state index in [4.69, 9.17) is 11.5 Å². The molecule has 1 rings (SSSR count). The van der Waals surface area contributed by atoms with Crippen molar-refractivity contribution in [2.24, 2.45) is 17.4 Å². The van der Waals surface area contributed by atoms with Gasteiger partial charge in [-0.05, 0) is 25.0 Å². The van der Waals surface area contributed by atoms with E-state index in [9.17, 15) is 0 Å². The maximum atomic E-state index is 6.04. The van der Waals surface area contributed by atoms with Crippen LogP contribution in [0.4, 0.5) is 0 Å². The van der Waals surface area contributed by atoms with Crippen LogP contribution in [0.3, 0.4) is 0 Å². The van der Waals surface area contributed by atoms with Gasteiger partial charge in [-0.2, -0.15) is 0 Å². The first kappa shape index (κ1) is 10.7. The number of thiophene rings is 1. The third-order valence-electron chi connectivity index (χ3n) is 2.27. The van der Waals surface area contributed by atoms with Gasteiger partial charge in [0.15, 0.2) is 0 Å². The molecule has 3 heteroatoms. The highest BCUT2D eigenvalue weighted by atomic mass is 32.1. The van der Waals surface area contributed by atoms with Gasteiger partial charge in [0.05, 0.1) is 6.04 Å². The molecule has 1 aromatic heterocycles. The van der Waals surface area contributed by atoms with Crippen molar-refractivity contribution in [3.8, 4) is 0 Å². The highest BCUT2D eigenvalue weighted by Gasteiger charge is 2.19. The van der Waals surface area contributed by atoms with Gasteiger partial charge in [-0.15, -0.1) is 11.3 Å². The molecule has 0 aliphatic rings. The molecule has 0 saturated heterocycles. The van der Waals surface area contributed by atoms with Gasteiger partial charge in [0, 0.05) is 15.8 Å². The molecular weight excluding hydrogens is 180 g/mol. The molecule has 1 aromatic rings. The van der Waals surface area contributed by atoms with Crippen LogP contribution in [0.2, 0.25) is 0 Å². The smallest absolute Gasteiger partial charge is 0.0546 e. The Morgan fingerprint density at radius 3 is 2.23 bits per heavy atom. The largest absolute Gasteiger partial charge is 0.326 e. The summed E-state index contributed by atoms with van der Waals surface area (Å²) in [5.41, 5.74) is 12.0. The SMILES string of the molecule is Cc1ccc([C@H](N)[C@@H](N)C(C)C)s1. The zero-order chi connectivity index (χ0) is 10.0. The van der Waals surface area contributed by atoms with E-state index in [-0.39, 0.29) is 12.1 Å². The quantitative estimate of drug-likeness (QED) is 0.781. The maximum Gasteiger partial charge on any atom is 0.0546 e. The van der Waals surface area contributed by atoms with E-state index >= 15 is 0 Å². The summed E-state index contributed by atoms with van der Waals surface area (Å²) >= 11 is 1.74. The van der Waals surface area contributed by atoms with Crippen molar-refractivity contribution in [1.29, 1.82) is 0 Å². The fourth-order valence-electron chi connectivity index (χ4n) is 1.24. The molecule has 0 unspecified atom stereocenters. The molecule has 0 spiro atoms. The van der Waals surface area contributed by atoms with Gasteiger partial charge in [-0.3, -0.25) is 0 Å². The first-order valence-corrected chi connectivity index (χ1v) is 5.41. The van der Waals surface area contributed by atoms with Crippen molar-refractivity contribution in [2.45, 2.75) is 32.9 Å². The zero-order valence-electron chi connectivity index (χ0n) is 8.45. The van der Waals surface area contributed by atoms with E-state index < -0.39 is 0 Å². The fraction of sp³-hybridized carbons (Fsp3) is 0.600. The first-order chi connectivity index (χ1) is 6.02. The second-order valence-electron chi connectivity index (χ2n) is 3.80. The predicted octanol–water partition coefficient (Wildman–Crippen LogP) is 2.04. The molecule has 1 heterocycles. The van der Waals surface area contributed by atoms with E-state index in [0.717, 1.165) is 0 Å². The minimum atomic E-state index is -0.0151. The van der Waals surface area contributed by atoms with E-state index in [2.05, 4.69) is 32.9 Å². The van der Waals surface area contributed by atoms with Crippen molar-refractivity contribution in [3.05, 3.63) is 21.9 Å². The van der Waals surface area contributed by atoms with Gasteiger partial charge >= 0.3 is 0 Å². The van der Waals surface area contributed by atoms with E-state index in [1.165, 1.54) is 9.75 Å². The number of nitrogens with two attached hydrogens (primary N) is 2. The number of hydrogen-bond donors (Lipinski definition) is 2. The molecule has 0 aliphatic carbocycles. The summed E-state index contributed by atoms with van der Waals surface area (Å²) in [5, 5.41) is 0. The number of rotatable bonds is 3. The summed E-state index contributed by atoms with van der Waals surface area (Å²) in [6.07, 6.45) is 0. The summed E-state index contributed by atoms with van der Waals surface area (Å²) in [4.78, 5) is 2.49. The topological polar surface area (TPSA) is 52.0 Å². The Morgan fingerprint density at radius 1 is 1.23 bits per heavy atom. The third kappa shape index (κ3) is 2.53. The van der Waals surface area contributed by atoms with Crippen LogP contribution in [0.15, 0.2) is 12.1 Å². The van der Waals surface area contributed by atoms with Gasteiger partial charge in [-0.1, -0.05) is 13.8 Å². The Balaban J connectivity index is 2.73. The summed E-state index contributed by atoms with van der Waals surface area (Å²) in [6, 6.07) is 4.21. The standard InChI is InChI=1S/C10H18N2S/c1-6(2)9(11)10(12)8-5-4-7(3)13-8/h4-6,9-10H,11-12H2,1-3H3/t9-,10-/m0/s1. The molecule has 0 fully saturated rings. The summed E-state index contributed by atoms with van der Waals surface area (Å²) in [7, 11) is 0. The van der Waals surface area contributed by atoms with Gasteiger partial charge in [0.1, 0.15) is 0 Å². The highest BCUT2D eigenvalue weighted by Crippen LogP contribution is 2.24. The lowest BCUT2D eigenvalue weighted by Crippen LogP contribution is -2.37. The lowest BCUT2D eigenvalue weighted by molar-refractivity contribution is 0.427. The molecule has 0 aliphatic heterocycles. The summed E-state index contributed by atoms with van der Waals surface area (Å²) < 4.78 is 0. The number of aryl methyl sites for hydroxylation is 1. The lowest BCUT2D eigenvalue weighted by atomic mass is 9.97. The third-order valence-corrected chi connectivity index (χ3v) is 3.38. The Bertz CT molecular complexity index is 268. The molecule has 0 bridgehead atoms. The second kappa shape index (κ2) is 4.22. The Morgan fingerprint density at radius 2 is 1.85 bits per heavy atom. The van der Waals surface area contributed by atoms with Crippen LogP contribution < -0.4 is 11.5 Å². The van der Waals surface area contributed by atoms with Crippen LogP contribution in [0, 0.1) is 12.8 Å². The van der Waals surface area contributed by atoms with E-state index in [1.807, 2.05) is 0 Å². The Labute approximate surface area is 83.9 Å². The van der Waals surface area contributed by atoms with Crippen LogP contribution in [0.5, 0.6) is 0 Å². The van der Waals surface area contributed by atoms with Crippen molar-refractivity contribution in [3.63, 3.8) is 0 Å². The van der Waals surface area contributed by atoms with E-state index in [1.54, 1.807) is 11.3 Å². The average molecular weight is 198 g/mol. The van der Waals surface area contributed by atoms with Crippen LogP contribution in [0.1, 0.15) is 29.6 Å². The Kier molecular flexibility index (Phi) is 3.47. The molecule has 13 heavy (non-hydrogen) atoms. The van der Waals surface area contributed by atoms with E-state index in [0.29, 0.717) is 5.92 Å². The molecule has 2 nitrogen and oxygen atoms in total. The molecular formula is C10H18N2S. The molecule has 4 N–H and O–H groups in total. The Hall–Kier alpha value is -0.380. The predicted molar refractivity (Wildman–Crippen MR) is 58.8 cm³/mol. The minimum Gasteiger partial charge on any atom is -0.326 e. The minimum absolute atomic E-state index is 0.0151.